The van der Waals surface area contributed by atoms with Crippen LogP contribution in [0.15, 0.2) is 48.5 Å². The lowest BCUT2D eigenvalue weighted by Crippen LogP contribution is -2.50. The van der Waals surface area contributed by atoms with Crippen LogP contribution in [0.4, 0.5) is 0 Å². The molecule has 0 aliphatic carbocycles. The Labute approximate surface area is 191 Å². The van der Waals surface area contributed by atoms with Gasteiger partial charge >= 0.3 is 0 Å². The van der Waals surface area contributed by atoms with E-state index >= 15 is 0 Å². The van der Waals surface area contributed by atoms with Gasteiger partial charge in [0.1, 0.15) is 6.04 Å². The Morgan fingerprint density at radius 3 is 2.25 bits per heavy atom. The Bertz CT molecular complexity index is 869. The fraction of sp³-hybridized carbons (Fsp3) is 0.462. The zero-order valence-electron chi connectivity index (χ0n) is 19.9. The van der Waals surface area contributed by atoms with Crippen molar-refractivity contribution in [2.45, 2.75) is 58.5 Å². The number of methoxy groups -OCH3 is 2. The number of hydrogen-bond acceptors (Lipinski definition) is 4. The molecule has 2 amide bonds. The monoisotopic (exact) mass is 440 g/mol. The molecule has 0 saturated heterocycles. The molecule has 2 aromatic rings. The van der Waals surface area contributed by atoms with Gasteiger partial charge in [-0.1, -0.05) is 43.3 Å². The molecule has 174 valence electrons. The third-order valence-electron chi connectivity index (χ3n) is 5.73. The predicted octanol–water partition coefficient (Wildman–Crippen LogP) is 4.01. The van der Waals surface area contributed by atoms with Crippen LogP contribution >= 0.6 is 0 Å². The molecule has 32 heavy (non-hydrogen) atoms. The van der Waals surface area contributed by atoms with E-state index in [1.54, 1.807) is 26.0 Å². The summed E-state index contributed by atoms with van der Waals surface area (Å²) in [5.74, 6) is 1.14. The Morgan fingerprint density at radius 1 is 0.938 bits per heavy atom. The molecule has 2 unspecified atom stereocenters. The number of nitrogens with one attached hydrogen (secondary N) is 1. The molecule has 1 N–H and O–H groups in total. The highest BCUT2D eigenvalue weighted by atomic mass is 16.5. The van der Waals surface area contributed by atoms with Crippen molar-refractivity contribution in [3.8, 4) is 11.5 Å². The molecule has 2 rings (SSSR count). The van der Waals surface area contributed by atoms with Gasteiger partial charge in [0.05, 0.1) is 14.2 Å². The molecule has 0 spiro atoms. The molecule has 2 atom stereocenters. The lowest BCUT2D eigenvalue weighted by molar-refractivity contribution is -0.140. The smallest absolute Gasteiger partial charge is 0.242 e. The van der Waals surface area contributed by atoms with Crippen LogP contribution in [-0.2, 0) is 22.4 Å². The molecule has 6 heteroatoms. The molecule has 2 aromatic carbocycles. The van der Waals surface area contributed by atoms with Gasteiger partial charge in [-0.25, -0.2) is 0 Å². The normalized spacial score (nSPS) is 12.5. The summed E-state index contributed by atoms with van der Waals surface area (Å²) in [6.45, 7) is 6.29. The van der Waals surface area contributed by atoms with Crippen molar-refractivity contribution in [2.24, 2.45) is 0 Å². The maximum Gasteiger partial charge on any atom is 0.242 e. The molecule has 0 aliphatic heterocycles. The zero-order valence-corrected chi connectivity index (χ0v) is 19.9. The van der Waals surface area contributed by atoms with Crippen molar-refractivity contribution < 1.29 is 19.1 Å². The van der Waals surface area contributed by atoms with Gasteiger partial charge in [-0.2, -0.15) is 0 Å². The second-order valence-corrected chi connectivity index (χ2v) is 8.01. The predicted molar refractivity (Wildman–Crippen MR) is 127 cm³/mol. The largest absolute Gasteiger partial charge is 0.493 e. The number of amides is 2. The number of hydrogen-bond donors (Lipinski definition) is 1. The summed E-state index contributed by atoms with van der Waals surface area (Å²) in [4.78, 5) is 27.7. The standard InChI is InChI=1S/C26H36N2O4/c1-6-19(2)27-26(30)20(3)28(17-16-21-10-8-7-9-11-21)25(29)15-13-22-12-14-23(31-4)24(18-22)32-5/h7-12,14,18-20H,6,13,15-17H2,1-5H3,(H,27,30). The topological polar surface area (TPSA) is 67.9 Å². The van der Waals surface area contributed by atoms with E-state index in [4.69, 9.17) is 9.47 Å². The summed E-state index contributed by atoms with van der Waals surface area (Å²) in [5, 5.41) is 3.00. The molecule has 0 fully saturated rings. The molecule has 0 bridgehead atoms. The average Bonchev–Trinajstić information content (AvgIpc) is 2.82. The van der Waals surface area contributed by atoms with Crippen LogP contribution in [0.5, 0.6) is 11.5 Å². The molecule has 0 aliphatic rings. The highest BCUT2D eigenvalue weighted by Gasteiger charge is 2.26. The number of carbonyl (C=O) groups excluding carboxylic acids is 2. The van der Waals surface area contributed by atoms with Gasteiger partial charge in [0.15, 0.2) is 11.5 Å². The quantitative estimate of drug-likeness (QED) is 0.542. The first-order valence-corrected chi connectivity index (χ1v) is 11.2. The Kier molecular flexibility index (Phi) is 10.1. The first-order chi connectivity index (χ1) is 15.4. The van der Waals surface area contributed by atoms with E-state index in [-0.39, 0.29) is 17.9 Å². The summed E-state index contributed by atoms with van der Waals surface area (Å²) >= 11 is 0. The Morgan fingerprint density at radius 2 is 1.62 bits per heavy atom. The maximum absolute atomic E-state index is 13.2. The first kappa shape index (κ1) is 25.2. The molecule has 0 radical (unpaired) electrons. The second kappa shape index (κ2) is 12.7. The van der Waals surface area contributed by atoms with Gasteiger partial charge in [0.25, 0.3) is 0 Å². The van der Waals surface area contributed by atoms with Crippen LogP contribution in [0.2, 0.25) is 0 Å². The maximum atomic E-state index is 13.2. The lowest BCUT2D eigenvalue weighted by atomic mass is 10.1. The minimum atomic E-state index is -0.536. The summed E-state index contributed by atoms with van der Waals surface area (Å²) in [6, 6.07) is 15.2. The van der Waals surface area contributed by atoms with E-state index in [9.17, 15) is 9.59 Å². The number of ether oxygens (including phenoxy) is 2. The third kappa shape index (κ3) is 7.29. The number of aryl methyl sites for hydroxylation is 1. The average molecular weight is 441 g/mol. The number of carbonyl (C=O) groups is 2. The van der Waals surface area contributed by atoms with Crippen LogP contribution in [0.1, 0.15) is 44.7 Å². The SMILES string of the molecule is CCC(C)NC(=O)C(C)N(CCc1ccccc1)C(=O)CCc1ccc(OC)c(OC)c1. The lowest BCUT2D eigenvalue weighted by Gasteiger charge is -2.29. The molecular weight excluding hydrogens is 404 g/mol. The van der Waals surface area contributed by atoms with Gasteiger partial charge in [-0.05, 0) is 56.4 Å². The van der Waals surface area contributed by atoms with E-state index in [1.165, 1.54) is 0 Å². The summed E-state index contributed by atoms with van der Waals surface area (Å²) in [6.07, 6.45) is 2.41. The van der Waals surface area contributed by atoms with E-state index in [0.29, 0.717) is 37.3 Å². The van der Waals surface area contributed by atoms with Crippen LogP contribution in [-0.4, -0.2) is 49.6 Å². The highest BCUT2D eigenvalue weighted by Crippen LogP contribution is 2.28. The number of rotatable bonds is 12. The van der Waals surface area contributed by atoms with E-state index in [2.05, 4.69) is 5.32 Å². The molecular formula is C26H36N2O4. The van der Waals surface area contributed by atoms with Crippen LogP contribution < -0.4 is 14.8 Å². The fourth-order valence-corrected chi connectivity index (χ4v) is 3.47. The van der Waals surface area contributed by atoms with Crippen LogP contribution in [0, 0.1) is 0 Å². The van der Waals surface area contributed by atoms with Crippen molar-refractivity contribution >= 4 is 11.8 Å². The summed E-state index contributed by atoms with van der Waals surface area (Å²) < 4.78 is 10.6. The van der Waals surface area contributed by atoms with E-state index in [0.717, 1.165) is 17.5 Å². The summed E-state index contributed by atoms with van der Waals surface area (Å²) in [7, 11) is 3.19. The van der Waals surface area contributed by atoms with Gasteiger partial charge in [-0.3, -0.25) is 9.59 Å². The molecule has 0 saturated carbocycles. The summed E-state index contributed by atoms with van der Waals surface area (Å²) in [5.41, 5.74) is 2.12. The number of nitrogens with zero attached hydrogens (tertiary/aromatic N) is 1. The second-order valence-electron chi connectivity index (χ2n) is 8.01. The van der Waals surface area contributed by atoms with Crippen molar-refractivity contribution in [3.63, 3.8) is 0 Å². The highest BCUT2D eigenvalue weighted by molar-refractivity contribution is 5.87. The van der Waals surface area contributed by atoms with Crippen molar-refractivity contribution in [1.29, 1.82) is 0 Å². The fourth-order valence-electron chi connectivity index (χ4n) is 3.47. The van der Waals surface area contributed by atoms with Crippen LogP contribution in [0.25, 0.3) is 0 Å². The van der Waals surface area contributed by atoms with Gasteiger partial charge in [0, 0.05) is 19.0 Å². The van der Waals surface area contributed by atoms with Gasteiger partial charge in [-0.15, -0.1) is 0 Å². The molecule has 0 heterocycles. The van der Waals surface area contributed by atoms with Crippen molar-refractivity contribution in [3.05, 3.63) is 59.7 Å². The Hall–Kier alpha value is -3.02. The Balaban J connectivity index is 2.10. The van der Waals surface area contributed by atoms with Gasteiger partial charge in [0.2, 0.25) is 11.8 Å². The van der Waals surface area contributed by atoms with Crippen molar-refractivity contribution in [1.82, 2.24) is 10.2 Å². The number of benzene rings is 2. The third-order valence-corrected chi connectivity index (χ3v) is 5.73. The van der Waals surface area contributed by atoms with Crippen molar-refractivity contribution in [2.75, 3.05) is 20.8 Å². The zero-order chi connectivity index (χ0) is 23.5. The van der Waals surface area contributed by atoms with E-state index in [1.807, 2.05) is 62.4 Å². The molecule has 0 aromatic heterocycles. The van der Waals surface area contributed by atoms with Gasteiger partial charge < -0.3 is 19.7 Å². The molecule has 6 nitrogen and oxygen atoms in total. The minimum Gasteiger partial charge on any atom is -0.493 e. The van der Waals surface area contributed by atoms with Crippen LogP contribution in [0.3, 0.4) is 0 Å². The van der Waals surface area contributed by atoms with E-state index < -0.39 is 6.04 Å². The first-order valence-electron chi connectivity index (χ1n) is 11.2. The minimum absolute atomic E-state index is 0.0393.